The van der Waals surface area contributed by atoms with Gasteiger partial charge in [-0.1, -0.05) is 12.1 Å². The van der Waals surface area contributed by atoms with Crippen molar-refractivity contribution in [3.63, 3.8) is 0 Å². The fourth-order valence-electron chi connectivity index (χ4n) is 5.82. The maximum atomic E-state index is 13.4. The monoisotopic (exact) mass is 652 g/mol. The molecular weight excluding hydrogens is 619 g/mol. The summed E-state index contributed by atoms with van der Waals surface area (Å²) in [6, 6.07) is 12.8. The van der Waals surface area contributed by atoms with E-state index in [9.17, 15) is 4.79 Å². The van der Waals surface area contributed by atoms with Gasteiger partial charge in [-0.15, -0.1) is 6.58 Å². The molecule has 0 spiro atoms. The highest BCUT2D eigenvalue weighted by Crippen LogP contribution is 2.40. The van der Waals surface area contributed by atoms with Crippen LogP contribution in [0.3, 0.4) is 0 Å². The second-order valence-corrected chi connectivity index (χ2v) is 11.3. The van der Waals surface area contributed by atoms with Crippen LogP contribution in [-0.4, -0.2) is 61.9 Å². The minimum Gasteiger partial charge on any atom is -0.366 e. The molecule has 0 amide bonds. The van der Waals surface area contributed by atoms with E-state index in [2.05, 4.69) is 58.9 Å². The maximum absolute atomic E-state index is 13.4. The van der Waals surface area contributed by atoms with Crippen LogP contribution in [0.4, 0.5) is 17.3 Å². The molecule has 40 heavy (non-hydrogen) atoms. The Morgan fingerprint density at radius 3 is 2.73 bits per heavy atom. The molecule has 4 aromatic rings. The summed E-state index contributed by atoms with van der Waals surface area (Å²) in [5.41, 5.74) is 3.92. The van der Waals surface area contributed by atoms with Gasteiger partial charge in [0.25, 0.3) is 5.56 Å². The molecule has 0 saturated carbocycles. The number of hydrogen-bond donors (Lipinski definition) is 1. The van der Waals surface area contributed by atoms with Gasteiger partial charge in [-0.25, -0.2) is 19.3 Å². The Labute approximate surface area is 247 Å². The van der Waals surface area contributed by atoms with Crippen LogP contribution < -0.4 is 15.8 Å². The van der Waals surface area contributed by atoms with Crippen molar-refractivity contribution in [1.82, 2.24) is 29.2 Å². The van der Waals surface area contributed by atoms with E-state index in [4.69, 9.17) is 13.0 Å². The van der Waals surface area contributed by atoms with Crippen LogP contribution >= 0.6 is 23.0 Å². The Morgan fingerprint density at radius 2 is 2.00 bits per heavy atom. The van der Waals surface area contributed by atoms with Crippen LogP contribution in [0, 0.1) is 0 Å². The van der Waals surface area contributed by atoms with Crippen LogP contribution in [0.1, 0.15) is 31.5 Å². The summed E-state index contributed by atoms with van der Waals surface area (Å²) in [7, 11) is 2.17. The van der Waals surface area contributed by atoms with E-state index in [1.165, 1.54) is 5.69 Å². The van der Waals surface area contributed by atoms with E-state index in [0.717, 1.165) is 49.4 Å². The number of halogens is 1. The van der Waals surface area contributed by atoms with Crippen molar-refractivity contribution in [2.24, 2.45) is 0 Å². The summed E-state index contributed by atoms with van der Waals surface area (Å²) in [6.07, 6.45) is 5.03. The van der Waals surface area contributed by atoms with Crippen molar-refractivity contribution >= 4 is 51.4 Å². The summed E-state index contributed by atoms with van der Waals surface area (Å²) in [5.74, 6) is 1.00. The third kappa shape index (κ3) is 4.69. The third-order valence-corrected chi connectivity index (χ3v) is 8.96. The maximum Gasteiger partial charge on any atom is 0.278 e. The lowest BCUT2D eigenvalue weighted by molar-refractivity contribution is 0.147. The largest absolute Gasteiger partial charge is 0.366 e. The van der Waals surface area contributed by atoms with E-state index >= 15 is 0 Å². The number of pyridine rings is 1. The molecule has 1 aromatic carbocycles. The van der Waals surface area contributed by atoms with Crippen molar-refractivity contribution in [2.75, 3.05) is 36.9 Å². The first-order valence-corrected chi connectivity index (χ1v) is 14.4. The molecule has 4 heterocycles. The molecular formula is C29H33IN8O2. The minimum atomic E-state index is -0.478. The highest BCUT2D eigenvalue weighted by Gasteiger charge is 2.37. The van der Waals surface area contributed by atoms with Crippen molar-refractivity contribution in [3.05, 3.63) is 76.9 Å². The van der Waals surface area contributed by atoms with Crippen LogP contribution in [0.25, 0.3) is 16.9 Å². The number of anilines is 3. The molecule has 208 valence electrons. The predicted octanol–water partition coefficient (Wildman–Crippen LogP) is 4.58. The molecule has 10 nitrogen and oxygen atoms in total. The summed E-state index contributed by atoms with van der Waals surface area (Å²) < 4.78 is 9.15. The molecule has 2 atom stereocenters. The number of rotatable bonds is 7. The van der Waals surface area contributed by atoms with Gasteiger partial charge in [-0.05, 0) is 69.6 Å². The Bertz CT molecular complexity index is 1630. The van der Waals surface area contributed by atoms with E-state index in [-0.39, 0.29) is 5.56 Å². The van der Waals surface area contributed by atoms with Crippen LogP contribution in [-0.2, 0) is 21.6 Å². The SMILES string of the molecule is C=CCn1c(=O)c2cnc(Nc3ccc(N4CCN(C)C[C@@H]4C)cc3)nc2n1-c1ccc2c(n1)[C@@](C)(OI)CC2. The molecule has 1 fully saturated rings. The zero-order chi connectivity index (χ0) is 28.0. The highest BCUT2D eigenvalue weighted by molar-refractivity contribution is 14.1. The van der Waals surface area contributed by atoms with Gasteiger partial charge >= 0.3 is 0 Å². The quantitative estimate of drug-likeness (QED) is 0.229. The smallest absolute Gasteiger partial charge is 0.278 e. The van der Waals surface area contributed by atoms with Crippen molar-refractivity contribution in [3.8, 4) is 5.82 Å². The topological polar surface area (TPSA) is 93.3 Å². The summed E-state index contributed by atoms with van der Waals surface area (Å²) in [4.78, 5) is 32.4. The van der Waals surface area contributed by atoms with Crippen LogP contribution in [0.2, 0.25) is 0 Å². The molecule has 3 aromatic heterocycles. The fraction of sp³-hybridized carbons (Fsp3) is 0.379. The van der Waals surface area contributed by atoms with Gasteiger partial charge in [0.2, 0.25) is 5.95 Å². The highest BCUT2D eigenvalue weighted by atomic mass is 127. The van der Waals surface area contributed by atoms with Crippen LogP contribution in [0.15, 0.2) is 60.0 Å². The Morgan fingerprint density at radius 1 is 1.20 bits per heavy atom. The predicted molar refractivity (Wildman–Crippen MR) is 166 cm³/mol. The third-order valence-electron chi connectivity index (χ3n) is 7.99. The summed E-state index contributed by atoms with van der Waals surface area (Å²) >= 11 is 1.95. The lowest BCUT2D eigenvalue weighted by atomic mass is 10.0. The summed E-state index contributed by atoms with van der Waals surface area (Å²) in [5, 5.41) is 3.73. The van der Waals surface area contributed by atoms with Crippen molar-refractivity contribution < 1.29 is 3.07 Å². The second kappa shape index (κ2) is 10.6. The molecule has 1 N–H and O–H groups in total. The van der Waals surface area contributed by atoms with Gasteiger partial charge in [0.1, 0.15) is 34.0 Å². The van der Waals surface area contributed by atoms with Gasteiger partial charge in [0.05, 0.1) is 12.2 Å². The molecule has 2 aliphatic rings. The van der Waals surface area contributed by atoms with Gasteiger partial charge in [0, 0.05) is 43.2 Å². The zero-order valence-corrected chi connectivity index (χ0v) is 25.1. The molecule has 1 aliphatic carbocycles. The van der Waals surface area contributed by atoms with E-state index < -0.39 is 5.60 Å². The molecule has 11 heteroatoms. The van der Waals surface area contributed by atoms with Crippen molar-refractivity contribution in [2.45, 2.75) is 44.9 Å². The molecule has 0 bridgehead atoms. The number of piperazine rings is 1. The Hall–Kier alpha value is -3.29. The lowest BCUT2D eigenvalue weighted by Crippen LogP contribution is -2.50. The van der Waals surface area contributed by atoms with Gasteiger partial charge in [0.15, 0.2) is 11.5 Å². The first-order valence-electron chi connectivity index (χ1n) is 13.5. The first kappa shape index (κ1) is 26.9. The second-order valence-electron chi connectivity index (χ2n) is 10.9. The standard InChI is InChI=1S/C29H33IN8O2/c1-5-14-37-27(39)23-17-31-28(32-21-7-9-22(10-8-21)36-16-15-35(4)18-19(36)2)34-26(23)38(37)24-11-6-20-12-13-29(3,40-30)25(20)33-24/h5-11,17,19H,1,12-16,18H2,2-4H3,(H,31,32,34)/t19-,29-/m0/s1. The van der Waals surface area contributed by atoms with Gasteiger partial charge in [-0.2, -0.15) is 4.98 Å². The number of aromatic nitrogens is 5. The zero-order valence-electron chi connectivity index (χ0n) is 23.0. The molecule has 0 unspecified atom stereocenters. The number of nitrogens with zero attached hydrogens (tertiary/aromatic N) is 7. The number of allylic oxidation sites excluding steroid dienone is 1. The van der Waals surface area contributed by atoms with E-state index in [0.29, 0.717) is 35.4 Å². The Balaban J connectivity index is 1.36. The Kier molecular flexibility index (Phi) is 7.13. The number of aryl methyl sites for hydroxylation is 1. The number of fused-ring (bicyclic) bond motifs is 2. The van der Waals surface area contributed by atoms with E-state index in [1.807, 2.05) is 48.1 Å². The van der Waals surface area contributed by atoms with Crippen LogP contribution in [0.5, 0.6) is 0 Å². The number of benzene rings is 1. The average Bonchev–Trinajstić information content (AvgIpc) is 3.43. The first-order chi connectivity index (χ1) is 19.3. The molecule has 0 radical (unpaired) electrons. The van der Waals surface area contributed by atoms with Gasteiger partial charge in [-0.3, -0.25) is 4.79 Å². The normalized spacial score (nSPS) is 21.1. The summed E-state index contributed by atoms with van der Waals surface area (Å²) in [6.45, 7) is 11.6. The number of hydrogen-bond acceptors (Lipinski definition) is 8. The van der Waals surface area contributed by atoms with Gasteiger partial charge < -0.3 is 18.2 Å². The minimum absolute atomic E-state index is 0.192. The van der Waals surface area contributed by atoms with E-state index in [1.54, 1.807) is 21.6 Å². The average molecular weight is 653 g/mol. The van der Waals surface area contributed by atoms with Crippen molar-refractivity contribution in [1.29, 1.82) is 0 Å². The number of likely N-dealkylation sites (N-methyl/N-ethyl adjacent to an activating group) is 1. The molecule has 1 saturated heterocycles. The lowest BCUT2D eigenvalue weighted by Gasteiger charge is -2.39. The number of nitrogens with one attached hydrogen (secondary N) is 1. The molecule has 1 aliphatic heterocycles. The fourth-order valence-corrected chi connectivity index (χ4v) is 6.25. The molecule has 6 rings (SSSR count).